The second-order valence-electron chi connectivity index (χ2n) is 8.35. The molecule has 1 spiro atoms. The van der Waals surface area contributed by atoms with Crippen molar-refractivity contribution in [2.75, 3.05) is 18.8 Å². The van der Waals surface area contributed by atoms with E-state index in [4.69, 9.17) is 9.47 Å². The molecule has 4 rings (SSSR count). The van der Waals surface area contributed by atoms with E-state index in [0.717, 1.165) is 54.8 Å². The van der Waals surface area contributed by atoms with Gasteiger partial charge in [0.1, 0.15) is 5.75 Å². The van der Waals surface area contributed by atoms with Crippen LogP contribution in [-0.2, 0) is 27.7 Å². The Balaban J connectivity index is 1.55. The molecule has 0 amide bonds. The molecule has 0 atom stereocenters. The zero-order valence-corrected chi connectivity index (χ0v) is 16.7. The van der Waals surface area contributed by atoms with Crippen LogP contribution in [-0.4, -0.2) is 47.7 Å². The van der Waals surface area contributed by atoms with Crippen LogP contribution in [0, 0.1) is 6.92 Å². The third kappa shape index (κ3) is 3.04. The van der Waals surface area contributed by atoms with Crippen LogP contribution in [0.3, 0.4) is 0 Å². The van der Waals surface area contributed by atoms with E-state index in [0.29, 0.717) is 19.7 Å². The molecule has 1 aromatic rings. The average molecular weight is 381 g/mol. The summed E-state index contributed by atoms with van der Waals surface area (Å²) in [5.74, 6) is 0.427. The summed E-state index contributed by atoms with van der Waals surface area (Å²) in [6.07, 6.45) is 5.34. The number of fused-ring (bicyclic) bond motifs is 1. The zero-order valence-electron chi connectivity index (χ0n) is 15.9. The summed E-state index contributed by atoms with van der Waals surface area (Å²) in [5, 5.41) is 0. The zero-order chi connectivity index (χ0) is 18.6. The minimum absolute atomic E-state index is 0.258. The number of sulfone groups is 1. The van der Waals surface area contributed by atoms with Gasteiger partial charge in [0.25, 0.3) is 0 Å². The van der Waals surface area contributed by atoms with Gasteiger partial charge < -0.3 is 9.47 Å². The molecule has 0 radical (unpaired) electrons. The van der Waals surface area contributed by atoms with E-state index < -0.39 is 20.4 Å². The third-order valence-corrected chi connectivity index (χ3v) is 8.85. The SMILES string of the molecule is Cc1ncc(CN2CCC3(CCC3)S(=O)(=O)CC2)c2c1OC(C)(C)OC2. The van der Waals surface area contributed by atoms with E-state index in [1.807, 2.05) is 27.0 Å². The van der Waals surface area contributed by atoms with Crippen molar-refractivity contribution >= 4 is 9.84 Å². The molecule has 144 valence electrons. The Kier molecular flexibility index (Phi) is 4.32. The summed E-state index contributed by atoms with van der Waals surface area (Å²) in [6.45, 7) is 8.34. The number of hydrogen-bond acceptors (Lipinski definition) is 6. The minimum Gasteiger partial charge on any atom is -0.461 e. The Morgan fingerprint density at radius 1 is 1.23 bits per heavy atom. The molecular formula is C19H28N2O4S. The summed E-state index contributed by atoms with van der Waals surface area (Å²) < 4.78 is 36.7. The van der Waals surface area contributed by atoms with Crippen LogP contribution in [0.25, 0.3) is 0 Å². The van der Waals surface area contributed by atoms with Crippen molar-refractivity contribution in [1.29, 1.82) is 0 Å². The molecule has 1 saturated heterocycles. The lowest BCUT2D eigenvalue weighted by atomic mass is 9.81. The lowest BCUT2D eigenvalue weighted by Gasteiger charge is -2.40. The van der Waals surface area contributed by atoms with Gasteiger partial charge in [-0.2, -0.15) is 0 Å². The molecule has 26 heavy (non-hydrogen) atoms. The minimum atomic E-state index is -2.99. The van der Waals surface area contributed by atoms with Gasteiger partial charge in [-0.25, -0.2) is 8.42 Å². The molecule has 7 heteroatoms. The summed E-state index contributed by atoms with van der Waals surface area (Å²) >= 11 is 0. The molecule has 0 unspecified atom stereocenters. The highest BCUT2D eigenvalue weighted by Crippen LogP contribution is 2.44. The van der Waals surface area contributed by atoms with Crippen molar-refractivity contribution in [3.63, 3.8) is 0 Å². The normalized spacial score (nSPS) is 26.4. The van der Waals surface area contributed by atoms with Gasteiger partial charge in [-0.3, -0.25) is 9.88 Å². The molecule has 1 saturated carbocycles. The van der Waals surface area contributed by atoms with Gasteiger partial charge in [-0.05, 0) is 31.7 Å². The number of nitrogens with zero attached hydrogens (tertiary/aromatic N) is 2. The summed E-state index contributed by atoms with van der Waals surface area (Å²) in [6, 6.07) is 0. The number of aryl methyl sites for hydroxylation is 1. The smallest absolute Gasteiger partial charge is 0.205 e. The molecule has 2 aliphatic heterocycles. The van der Waals surface area contributed by atoms with Gasteiger partial charge in [0.05, 0.1) is 22.8 Å². The number of pyridine rings is 1. The fourth-order valence-corrected chi connectivity index (χ4v) is 6.50. The first kappa shape index (κ1) is 18.2. The quantitative estimate of drug-likeness (QED) is 0.785. The predicted octanol–water partition coefficient (Wildman–Crippen LogP) is 2.58. The highest BCUT2D eigenvalue weighted by Gasteiger charge is 2.49. The molecule has 1 aliphatic carbocycles. The molecule has 0 bridgehead atoms. The maximum atomic E-state index is 12.7. The van der Waals surface area contributed by atoms with Crippen molar-refractivity contribution in [2.45, 2.75) is 70.1 Å². The van der Waals surface area contributed by atoms with Crippen LogP contribution >= 0.6 is 0 Å². The summed E-state index contributed by atoms with van der Waals surface area (Å²) in [5.41, 5.74) is 2.98. The Labute approximate surface area is 155 Å². The number of ether oxygens (including phenoxy) is 2. The summed E-state index contributed by atoms with van der Waals surface area (Å²) in [4.78, 5) is 6.75. The van der Waals surface area contributed by atoms with Gasteiger partial charge >= 0.3 is 0 Å². The average Bonchev–Trinajstić information content (AvgIpc) is 2.65. The van der Waals surface area contributed by atoms with Crippen molar-refractivity contribution in [3.8, 4) is 5.75 Å². The van der Waals surface area contributed by atoms with Crippen molar-refractivity contribution < 1.29 is 17.9 Å². The topological polar surface area (TPSA) is 68.7 Å². The molecule has 1 aromatic heterocycles. The van der Waals surface area contributed by atoms with Crippen molar-refractivity contribution in [1.82, 2.24) is 9.88 Å². The first-order chi connectivity index (χ1) is 12.2. The molecule has 3 aliphatic rings. The van der Waals surface area contributed by atoms with Gasteiger partial charge in [0.2, 0.25) is 5.79 Å². The standard InChI is InChI=1S/C19H28N2O4S/c1-14-17-16(13-24-18(2,3)25-17)15(11-20-14)12-21-8-7-19(5-4-6-19)26(22,23)10-9-21/h11H,4-10,12-13H2,1-3H3. The molecule has 0 N–H and O–H groups in total. The largest absolute Gasteiger partial charge is 0.461 e. The van der Waals surface area contributed by atoms with Crippen LogP contribution in [0.5, 0.6) is 5.75 Å². The van der Waals surface area contributed by atoms with Crippen LogP contribution in [0.4, 0.5) is 0 Å². The Bertz CT molecular complexity index is 815. The molecule has 2 fully saturated rings. The van der Waals surface area contributed by atoms with E-state index >= 15 is 0 Å². The van der Waals surface area contributed by atoms with Crippen LogP contribution in [0.15, 0.2) is 6.20 Å². The molecule has 0 aromatic carbocycles. The maximum absolute atomic E-state index is 12.7. The number of aromatic nitrogens is 1. The van der Waals surface area contributed by atoms with E-state index in [1.165, 1.54) is 0 Å². The lowest BCUT2D eigenvalue weighted by Crippen LogP contribution is -2.46. The molecule has 6 nitrogen and oxygen atoms in total. The first-order valence-electron chi connectivity index (χ1n) is 9.46. The van der Waals surface area contributed by atoms with E-state index in [2.05, 4.69) is 9.88 Å². The monoisotopic (exact) mass is 380 g/mol. The fourth-order valence-electron chi connectivity index (χ4n) is 4.25. The molecule has 3 heterocycles. The highest BCUT2D eigenvalue weighted by atomic mass is 32.2. The molecular weight excluding hydrogens is 352 g/mol. The van der Waals surface area contributed by atoms with E-state index in [1.54, 1.807) is 0 Å². The number of rotatable bonds is 2. The van der Waals surface area contributed by atoms with Gasteiger partial charge in [0, 0.05) is 45.2 Å². The second kappa shape index (κ2) is 6.17. The van der Waals surface area contributed by atoms with Gasteiger partial charge in [-0.1, -0.05) is 6.42 Å². The number of hydrogen-bond donors (Lipinski definition) is 0. The van der Waals surface area contributed by atoms with Crippen molar-refractivity contribution in [2.24, 2.45) is 0 Å². The predicted molar refractivity (Wildman–Crippen MR) is 98.7 cm³/mol. The van der Waals surface area contributed by atoms with E-state index in [9.17, 15) is 8.42 Å². The first-order valence-corrected chi connectivity index (χ1v) is 11.1. The van der Waals surface area contributed by atoms with E-state index in [-0.39, 0.29) is 5.75 Å². The van der Waals surface area contributed by atoms with Gasteiger partial charge in [-0.15, -0.1) is 0 Å². The van der Waals surface area contributed by atoms with Crippen LogP contribution in [0.2, 0.25) is 0 Å². The summed E-state index contributed by atoms with van der Waals surface area (Å²) in [7, 11) is -2.99. The highest BCUT2D eigenvalue weighted by molar-refractivity contribution is 7.92. The van der Waals surface area contributed by atoms with Crippen molar-refractivity contribution in [3.05, 3.63) is 23.0 Å². The second-order valence-corrected chi connectivity index (χ2v) is 10.9. The third-order valence-electron chi connectivity index (χ3n) is 6.19. The van der Waals surface area contributed by atoms with Crippen LogP contribution in [0.1, 0.15) is 56.4 Å². The maximum Gasteiger partial charge on any atom is 0.205 e. The Morgan fingerprint density at radius 3 is 2.69 bits per heavy atom. The Hall–Kier alpha value is -1.18. The fraction of sp³-hybridized carbons (Fsp3) is 0.737. The Morgan fingerprint density at radius 2 is 2.00 bits per heavy atom. The lowest BCUT2D eigenvalue weighted by molar-refractivity contribution is -0.180. The van der Waals surface area contributed by atoms with Crippen LogP contribution < -0.4 is 4.74 Å². The van der Waals surface area contributed by atoms with Gasteiger partial charge in [0.15, 0.2) is 9.84 Å².